The lowest BCUT2D eigenvalue weighted by atomic mass is 9.78. The summed E-state index contributed by atoms with van der Waals surface area (Å²) in [4.78, 5) is 12.6. The molecule has 2 bridgehead atoms. The number of nitrogens with one attached hydrogen (secondary N) is 2. The third kappa shape index (κ3) is 4.22. The first-order chi connectivity index (χ1) is 13.3. The van der Waals surface area contributed by atoms with E-state index in [1.54, 1.807) is 6.07 Å². The van der Waals surface area contributed by atoms with E-state index < -0.39 is 11.7 Å². The molecule has 4 rings (SSSR count). The van der Waals surface area contributed by atoms with Gasteiger partial charge in [-0.3, -0.25) is 4.79 Å². The number of carbonyl (C=O) groups excluding carboxylic acids is 1. The van der Waals surface area contributed by atoms with Gasteiger partial charge in [0.25, 0.3) is 0 Å². The van der Waals surface area contributed by atoms with Crippen molar-refractivity contribution in [3.8, 4) is 0 Å². The van der Waals surface area contributed by atoms with Crippen molar-refractivity contribution in [3.63, 3.8) is 0 Å². The van der Waals surface area contributed by atoms with Crippen molar-refractivity contribution in [3.05, 3.63) is 35.4 Å². The Balaban J connectivity index is 1.40. The number of piperidine rings is 1. The van der Waals surface area contributed by atoms with Gasteiger partial charge in [-0.25, -0.2) is 0 Å². The molecule has 1 aromatic carbocycles. The number of hydrogen-bond donors (Lipinski definition) is 2. The normalized spacial score (nSPS) is 29.0. The fourth-order valence-electron chi connectivity index (χ4n) is 5.59. The van der Waals surface area contributed by atoms with Crippen molar-refractivity contribution >= 4 is 5.91 Å². The average Bonchev–Trinajstić information content (AvgIpc) is 3.27. The second-order valence-corrected chi connectivity index (χ2v) is 9.02. The minimum absolute atomic E-state index is 0.0459. The molecule has 3 aliphatic rings. The number of alkyl halides is 3. The second kappa shape index (κ2) is 7.69. The summed E-state index contributed by atoms with van der Waals surface area (Å²) < 4.78 is 39.4. The van der Waals surface area contributed by atoms with E-state index in [0.717, 1.165) is 44.6 Å². The van der Waals surface area contributed by atoms with Crippen LogP contribution in [0.2, 0.25) is 0 Å². The van der Waals surface area contributed by atoms with E-state index >= 15 is 0 Å². The molecule has 28 heavy (non-hydrogen) atoms. The minimum Gasteiger partial charge on any atom is -0.355 e. The van der Waals surface area contributed by atoms with Gasteiger partial charge in [0.2, 0.25) is 5.91 Å². The quantitative estimate of drug-likeness (QED) is 0.769. The molecule has 154 valence electrons. The summed E-state index contributed by atoms with van der Waals surface area (Å²) in [6.45, 7) is 0.435. The Morgan fingerprint density at radius 1 is 1.14 bits per heavy atom. The zero-order valence-corrected chi connectivity index (χ0v) is 16.2. The number of fused-ring (bicyclic) bond motifs is 2. The largest absolute Gasteiger partial charge is 0.416 e. The van der Waals surface area contributed by atoms with Gasteiger partial charge < -0.3 is 10.6 Å². The monoisotopic (exact) mass is 394 g/mol. The lowest BCUT2D eigenvalue weighted by Crippen LogP contribution is -2.42. The van der Waals surface area contributed by atoms with Crippen molar-refractivity contribution in [2.45, 2.75) is 81.5 Å². The predicted octanol–water partition coefficient (Wildman–Crippen LogP) is 4.55. The molecule has 0 radical (unpaired) electrons. The second-order valence-electron chi connectivity index (χ2n) is 9.02. The van der Waals surface area contributed by atoms with Gasteiger partial charge in [0.05, 0.1) is 5.56 Å². The Morgan fingerprint density at radius 2 is 1.82 bits per heavy atom. The van der Waals surface area contributed by atoms with Crippen LogP contribution < -0.4 is 10.6 Å². The van der Waals surface area contributed by atoms with Gasteiger partial charge >= 0.3 is 6.18 Å². The van der Waals surface area contributed by atoms with Crippen LogP contribution in [0.3, 0.4) is 0 Å². The van der Waals surface area contributed by atoms with E-state index in [1.807, 2.05) is 0 Å². The van der Waals surface area contributed by atoms with Gasteiger partial charge in [-0.05, 0) is 56.1 Å². The zero-order chi connectivity index (χ0) is 19.8. The van der Waals surface area contributed by atoms with Crippen LogP contribution in [0.5, 0.6) is 0 Å². The smallest absolute Gasteiger partial charge is 0.355 e. The molecule has 2 N–H and O–H groups in total. The van der Waals surface area contributed by atoms with Crippen LogP contribution >= 0.6 is 0 Å². The highest BCUT2D eigenvalue weighted by atomic mass is 19.4. The molecule has 2 saturated heterocycles. The lowest BCUT2D eigenvalue weighted by Gasteiger charge is -2.32. The lowest BCUT2D eigenvalue weighted by molar-refractivity contribution is -0.137. The Kier molecular flexibility index (Phi) is 5.43. The Labute approximate surface area is 164 Å². The van der Waals surface area contributed by atoms with E-state index in [2.05, 4.69) is 10.6 Å². The molecule has 1 aliphatic carbocycles. The summed E-state index contributed by atoms with van der Waals surface area (Å²) in [5.74, 6) is 0.469. The fraction of sp³-hybridized carbons (Fsp3) is 0.682. The molecule has 2 aliphatic heterocycles. The average molecular weight is 394 g/mol. The third-order valence-corrected chi connectivity index (χ3v) is 7.03. The van der Waals surface area contributed by atoms with Gasteiger partial charge in [-0.1, -0.05) is 31.0 Å². The first-order valence-corrected chi connectivity index (χ1v) is 10.5. The summed E-state index contributed by atoms with van der Waals surface area (Å²) in [5.41, 5.74) is -0.267. The maximum Gasteiger partial charge on any atom is 0.416 e. The van der Waals surface area contributed by atoms with Crippen molar-refractivity contribution < 1.29 is 18.0 Å². The van der Waals surface area contributed by atoms with Crippen LogP contribution in [-0.2, 0) is 16.4 Å². The van der Waals surface area contributed by atoms with Gasteiger partial charge in [-0.2, -0.15) is 13.2 Å². The number of amides is 1. The van der Waals surface area contributed by atoms with Gasteiger partial charge in [-0.15, -0.1) is 0 Å². The molecule has 1 amide bonds. The Morgan fingerprint density at radius 3 is 2.46 bits per heavy atom. The molecular formula is C22H29F3N2O. The standard InChI is InChI=1S/C22H29F3N2O/c23-22(24,25)17-5-3-4-16(13-17)21(8-1-2-9-21)14-26-20(28)12-15-10-18-6-7-19(11-15)27-18/h3-5,13,15,18-19,27H,1-2,6-12,14H2,(H,26,28). The summed E-state index contributed by atoms with van der Waals surface area (Å²) in [5, 5.41) is 6.67. The molecule has 3 fully saturated rings. The summed E-state index contributed by atoms with van der Waals surface area (Å²) in [6.07, 6.45) is 4.36. The highest BCUT2D eigenvalue weighted by Gasteiger charge is 2.39. The van der Waals surface area contributed by atoms with Crippen LogP contribution in [0.4, 0.5) is 13.2 Å². The summed E-state index contributed by atoms with van der Waals surface area (Å²) >= 11 is 0. The fourth-order valence-corrected chi connectivity index (χ4v) is 5.59. The molecule has 2 unspecified atom stereocenters. The van der Waals surface area contributed by atoms with E-state index in [4.69, 9.17) is 0 Å². The first kappa shape index (κ1) is 19.7. The molecule has 1 saturated carbocycles. The van der Waals surface area contributed by atoms with Crippen LogP contribution in [0, 0.1) is 5.92 Å². The van der Waals surface area contributed by atoms with Crippen LogP contribution in [0.25, 0.3) is 0 Å². The van der Waals surface area contributed by atoms with Crippen molar-refractivity contribution in [2.75, 3.05) is 6.54 Å². The molecule has 0 aromatic heterocycles. The van der Waals surface area contributed by atoms with Gasteiger partial charge in [0.15, 0.2) is 0 Å². The van der Waals surface area contributed by atoms with Crippen molar-refractivity contribution in [2.24, 2.45) is 5.92 Å². The molecule has 1 aromatic rings. The summed E-state index contributed by atoms with van der Waals surface area (Å²) in [6, 6.07) is 6.80. The number of carbonyl (C=O) groups is 1. The van der Waals surface area contributed by atoms with Crippen LogP contribution in [-0.4, -0.2) is 24.5 Å². The number of benzene rings is 1. The number of rotatable bonds is 5. The van der Waals surface area contributed by atoms with Crippen LogP contribution in [0.1, 0.15) is 68.9 Å². The molecular weight excluding hydrogens is 365 g/mol. The predicted molar refractivity (Wildman–Crippen MR) is 102 cm³/mol. The zero-order valence-electron chi connectivity index (χ0n) is 16.2. The first-order valence-electron chi connectivity index (χ1n) is 10.5. The number of halogens is 3. The van der Waals surface area contributed by atoms with Crippen molar-refractivity contribution in [1.82, 2.24) is 10.6 Å². The highest BCUT2D eigenvalue weighted by molar-refractivity contribution is 5.76. The van der Waals surface area contributed by atoms with E-state index in [9.17, 15) is 18.0 Å². The molecule has 3 nitrogen and oxygen atoms in total. The Bertz CT molecular complexity index is 700. The van der Waals surface area contributed by atoms with E-state index in [-0.39, 0.29) is 11.3 Å². The van der Waals surface area contributed by atoms with E-state index in [0.29, 0.717) is 36.5 Å². The van der Waals surface area contributed by atoms with Gasteiger partial charge in [0, 0.05) is 30.5 Å². The topological polar surface area (TPSA) is 41.1 Å². The third-order valence-electron chi connectivity index (χ3n) is 7.03. The molecule has 2 heterocycles. The summed E-state index contributed by atoms with van der Waals surface area (Å²) in [7, 11) is 0. The van der Waals surface area contributed by atoms with E-state index in [1.165, 1.54) is 25.0 Å². The Hall–Kier alpha value is -1.56. The maximum absolute atomic E-state index is 13.1. The highest BCUT2D eigenvalue weighted by Crippen LogP contribution is 2.42. The molecule has 6 heteroatoms. The molecule has 2 atom stereocenters. The number of hydrogen-bond acceptors (Lipinski definition) is 2. The molecule has 0 spiro atoms. The maximum atomic E-state index is 13.1. The minimum atomic E-state index is -4.34. The van der Waals surface area contributed by atoms with Crippen molar-refractivity contribution in [1.29, 1.82) is 0 Å². The van der Waals surface area contributed by atoms with Crippen LogP contribution in [0.15, 0.2) is 24.3 Å². The van der Waals surface area contributed by atoms with Gasteiger partial charge in [0.1, 0.15) is 0 Å². The SMILES string of the molecule is O=C(CC1CC2CCC(C1)N2)NCC1(c2cccc(C(F)(F)F)c2)CCCC1.